The largest absolute Gasteiger partial charge is 0.383 e. The van der Waals surface area contributed by atoms with Gasteiger partial charge in [-0.2, -0.15) is 0 Å². The third kappa shape index (κ3) is 6.39. The fourth-order valence-electron chi connectivity index (χ4n) is 2.42. The van der Waals surface area contributed by atoms with Gasteiger partial charge in [0.25, 0.3) is 0 Å². The summed E-state index contributed by atoms with van der Waals surface area (Å²) in [6.07, 6.45) is 3.65. The van der Waals surface area contributed by atoms with Crippen LogP contribution in [-0.4, -0.2) is 50.3 Å². The third-order valence-corrected chi connectivity index (χ3v) is 3.54. The monoisotopic (exact) mass is 244 g/mol. The molecule has 1 atom stereocenters. The molecule has 0 rings (SSSR count). The van der Waals surface area contributed by atoms with Crippen molar-refractivity contribution >= 4 is 0 Å². The molecule has 0 spiro atoms. The van der Waals surface area contributed by atoms with Crippen molar-refractivity contribution in [1.29, 1.82) is 0 Å². The summed E-state index contributed by atoms with van der Waals surface area (Å²) in [6.45, 7) is 13.0. The Morgan fingerprint density at radius 2 is 1.59 bits per heavy atom. The first-order chi connectivity index (χ1) is 8.24. The van der Waals surface area contributed by atoms with E-state index in [0.29, 0.717) is 12.1 Å². The lowest BCUT2D eigenvalue weighted by molar-refractivity contribution is 0.0771. The van der Waals surface area contributed by atoms with Crippen LogP contribution in [0.15, 0.2) is 0 Å². The Labute approximate surface area is 108 Å². The number of hydrogen-bond donors (Lipinski definition) is 1. The molecular weight excluding hydrogens is 212 g/mol. The number of nitrogens with one attached hydrogen (secondary N) is 1. The molecule has 0 saturated carbocycles. The molecular formula is C14H32N2O. The van der Waals surface area contributed by atoms with Crippen LogP contribution < -0.4 is 5.32 Å². The Bertz CT molecular complexity index is 160. The van der Waals surface area contributed by atoms with Crippen LogP contribution in [0.25, 0.3) is 0 Å². The van der Waals surface area contributed by atoms with E-state index >= 15 is 0 Å². The van der Waals surface area contributed by atoms with Crippen molar-refractivity contribution in [2.24, 2.45) is 0 Å². The molecule has 0 aromatic rings. The van der Waals surface area contributed by atoms with Crippen LogP contribution in [0.5, 0.6) is 0 Å². The molecule has 1 unspecified atom stereocenters. The number of nitrogens with zero attached hydrogens (tertiary/aromatic N) is 1. The zero-order chi connectivity index (χ0) is 13.1. The fourth-order valence-corrected chi connectivity index (χ4v) is 2.42. The molecule has 0 saturated heterocycles. The summed E-state index contributed by atoms with van der Waals surface area (Å²) in [5.74, 6) is 0. The Balaban J connectivity index is 4.47. The van der Waals surface area contributed by atoms with Gasteiger partial charge in [-0.25, -0.2) is 0 Å². The predicted molar refractivity (Wildman–Crippen MR) is 75.6 cm³/mol. The normalized spacial score (nSPS) is 13.6. The first-order valence-electron chi connectivity index (χ1n) is 7.20. The second kappa shape index (κ2) is 11.0. The van der Waals surface area contributed by atoms with Gasteiger partial charge in [-0.15, -0.1) is 0 Å². The van der Waals surface area contributed by atoms with Crippen LogP contribution >= 0.6 is 0 Å². The number of methoxy groups -OCH3 is 1. The molecule has 0 bridgehead atoms. The topological polar surface area (TPSA) is 24.5 Å². The second-order valence-electron chi connectivity index (χ2n) is 4.57. The average Bonchev–Trinajstić information content (AvgIpc) is 2.36. The van der Waals surface area contributed by atoms with Crippen LogP contribution in [0.2, 0.25) is 0 Å². The standard InChI is InChI=1S/C14H32N2O/c1-6-13(7-2)16(10-11-17-5)14(8-3)12-15-9-4/h13-15H,6-12H2,1-5H3. The Hall–Kier alpha value is -0.120. The molecule has 17 heavy (non-hydrogen) atoms. The lowest BCUT2D eigenvalue weighted by Crippen LogP contribution is -2.48. The summed E-state index contributed by atoms with van der Waals surface area (Å²) in [5, 5.41) is 3.48. The van der Waals surface area contributed by atoms with Gasteiger partial charge in [0.05, 0.1) is 6.61 Å². The van der Waals surface area contributed by atoms with E-state index in [9.17, 15) is 0 Å². The lowest BCUT2D eigenvalue weighted by atomic mass is 10.1. The van der Waals surface area contributed by atoms with Crippen molar-refractivity contribution in [2.75, 3.05) is 33.4 Å². The summed E-state index contributed by atoms with van der Waals surface area (Å²) < 4.78 is 5.25. The van der Waals surface area contributed by atoms with Crippen LogP contribution in [0, 0.1) is 0 Å². The SMILES string of the molecule is CCNCC(CC)N(CCOC)C(CC)CC. The van der Waals surface area contributed by atoms with Gasteiger partial charge in [0.2, 0.25) is 0 Å². The maximum Gasteiger partial charge on any atom is 0.0589 e. The Kier molecular flexibility index (Phi) is 10.9. The van der Waals surface area contributed by atoms with Crippen LogP contribution in [0.4, 0.5) is 0 Å². The molecule has 0 aliphatic carbocycles. The molecule has 0 amide bonds. The van der Waals surface area contributed by atoms with Crippen molar-refractivity contribution in [2.45, 2.75) is 59.0 Å². The summed E-state index contributed by atoms with van der Waals surface area (Å²) in [7, 11) is 1.79. The highest BCUT2D eigenvalue weighted by atomic mass is 16.5. The molecule has 0 aromatic heterocycles. The van der Waals surface area contributed by atoms with Crippen molar-refractivity contribution in [3.8, 4) is 0 Å². The van der Waals surface area contributed by atoms with Gasteiger partial charge in [0.15, 0.2) is 0 Å². The van der Waals surface area contributed by atoms with Gasteiger partial charge in [-0.3, -0.25) is 4.90 Å². The molecule has 3 nitrogen and oxygen atoms in total. The molecule has 3 heteroatoms. The van der Waals surface area contributed by atoms with Crippen LogP contribution in [-0.2, 0) is 4.74 Å². The van der Waals surface area contributed by atoms with Gasteiger partial charge >= 0.3 is 0 Å². The van der Waals surface area contributed by atoms with Gasteiger partial charge in [0.1, 0.15) is 0 Å². The van der Waals surface area contributed by atoms with Crippen molar-refractivity contribution in [3.63, 3.8) is 0 Å². The Morgan fingerprint density at radius 3 is 2.00 bits per heavy atom. The number of hydrogen-bond acceptors (Lipinski definition) is 3. The summed E-state index contributed by atoms with van der Waals surface area (Å²) >= 11 is 0. The van der Waals surface area contributed by atoms with Gasteiger partial charge in [-0.1, -0.05) is 27.7 Å². The molecule has 0 aromatic carbocycles. The van der Waals surface area contributed by atoms with E-state index in [1.807, 2.05) is 0 Å². The maximum absolute atomic E-state index is 5.25. The van der Waals surface area contributed by atoms with Crippen molar-refractivity contribution in [3.05, 3.63) is 0 Å². The van der Waals surface area contributed by atoms with Gasteiger partial charge in [0, 0.05) is 32.3 Å². The maximum atomic E-state index is 5.25. The third-order valence-electron chi connectivity index (χ3n) is 3.54. The fraction of sp³-hybridized carbons (Fsp3) is 1.00. The van der Waals surface area contributed by atoms with E-state index in [-0.39, 0.29) is 0 Å². The van der Waals surface area contributed by atoms with E-state index in [1.165, 1.54) is 19.3 Å². The first kappa shape index (κ1) is 16.9. The van der Waals surface area contributed by atoms with E-state index in [0.717, 1.165) is 26.2 Å². The number of likely N-dealkylation sites (N-methyl/N-ethyl adjacent to an activating group) is 1. The summed E-state index contributed by atoms with van der Waals surface area (Å²) in [6, 6.07) is 1.32. The highest BCUT2D eigenvalue weighted by Crippen LogP contribution is 2.14. The minimum absolute atomic E-state index is 0.634. The van der Waals surface area contributed by atoms with Gasteiger partial charge in [-0.05, 0) is 25.8 Å². The summed E-state index contributed by atoms with van der Waals surface area (Å²) in [5.41, 5.74) is 0. The average molecular weight is 244 g/mol. The smallest absolute Gasteiger partial charge is 0.0589 e. The molecule has 0 aliphatic rings. The first-order valence-corrected chi connectivity index (χ1v) is 7.20. The van der Waals surface area contributed by atoms with Crippen molar-refractivity contribution in [1.82, 2.24) is 10.2 Å². The molecule has 1 N–H and O–H groups in total. The lowest BCUT2D eigenvalue weighted by Gasteiger charge is -2.37. The molecule has 0 heterocycles. The highest BCUT2D eigenvalue weighted by Gasteiger charge is 2.22. The number of ether oxygens (including phenoxy) is 1. The minimum Gasteiger partial charge on any atom is -0.383 e. The van der Waals surface area contributed by atoms with Gasteiger partial charge < -0.3 is 10.1 Å². The van der Waals surface area contributed by atoms with E-state index in [2.05, 4.69) is 37.9 Å². The number of rotatable bonds is 11. The van der Waals surface area contributed by atoms with Crippen LogP contribution in [0.1, 0.15) is 47.0 Å². The predicted octanol–water partition coefficient (Wildman–Crippen LogP) is 2.51. The molecule has 104 valence electrons. The molecule has 0 fully saturated rings. The summed E-state index contributed by atoms with van der Waals surface area (Å²) in [4.78, 5) is 2.63. The Morgan fingerprint density at radius 1 is 1.00 bits per heavy atom. The second-order valence-corrected chi connectivity index (χ2v) is 4.57. The van der Waals surface area contributed by atoms with E-state index in [4.69, 9.17) is 4.74 Å². The quantitative estimate of drug-likeness (QED) is 0.604. The van der Waals surface area contributed by atoms with E-state index in [1.54, 1.807) is 7.11 Å². The van der Waals surface area contributed by atoms with Crippen molar-refractivity contribution < 1.29 is 4.74 Å². The van der Waals surface area contributed by atoms with Crippen LogP contribution in [0.3, 0.4) is 0 Å². The van der Waals surface area contributed by atoms with E-state index < -0.39 is 0 Å². The minimum atomic E-state index is 0.634. The zero-order valence-corrected chi connectivity index (χ0v) is 12.5. The molecule has 0 aliphatic heterocycles. The highest BCUT2D eigenvalue weighted by molar-refractivity contribution is 4.78. The zero-order valence-electron chi connectivity index (χ0n) is 12.5. The molecule has 0 radical (unpaired) electrons.